The Balaban J connectivity index is 0.00000200. The normalized spacial score (nSPS) is 11.0. The number of hydrogen-bond donors (Lipinski definition) is 2. The van der Waals surface area contributed by atoms with E-state index in [2.05, 4.69) is 4.98 Å². The molecule has 0 radical (unpaired) electrons. The van der Waals surface area contributed by atoms with Crippen molar-refractivity contribution in [3.8, 4) is 22.8 Å². The summed E-state index contributed by atoms with van der Waals surface area (Å²) in [6.07, 6.45) is -3.86. The van der Waals surface area contributed by atoms with Crippen molar-refractivity contribution in [2.24, 2.45) is 0 Å². The van der Waals surface area contributed by atoms with Crippen LogP contribution in [0.1, 0.15) is 6.99 Å². The van der Waals surface area contributed by atoms with Crippen LogP contribution in [0.5, 0.6) is 11.5 Å². The molecule has 8 heteroatoms. The zero-order valence-corrected chi connectivity index (χ0v) is 14.1. The van der Waals surface area contributed by atoms with Gasteiger partial charge in [0.2, 0.25) is 0 Å². The number of nitrogens with zero attached hydrogens (tertiary/aromatic N) is 1. The minimum absolute atomic E-state index is 0. The molecular weight excluding hydrogens is 322 g/mol. The first-order valence-electron chi connectivity index (χ1n) is 5.04. The summed E-state index contributed by atoms with van der Waals surface area (Å²) in [7, 11) is 0. The van der Waals surface area contributed by atoms with Crippen molar-refractivity contribution >= 4 is 11.6 Å². The first-order chi connectivity index (χ1) is 8.79. The van der Waals surface area contributed by atoms with Crippen molar-refractivity contribution in [1.82, 2.24) is 4.98 Å². The fraction of sp³-hybridized carbons (Fsp3) is 0.0833. The Kier molecular flexibility index (Phi) is 5.88. The maximum absolute atomic E-state index is 12.4. The molecule has 2 N–H and O–H groups in total. The first-order valence-corrected chi connectivity index (χ1v) is 5.42. The summed E-state index contributed by atoms with van der Waals surface area (Å²) in [4.78, 5) is 3.64. The van der Waals surface area contributed by atoms with Crippen LogP contribution in [0.25, 0.3) is 11.3 Å². The predicted molar refractivity (Wildman–Crippen MR) is 64.1 cm³/mol. The van der Waals surface area contributed by atoms with Gasteiger partial charge in [0.15, 0.2) is 11.5 Å². The van der Waals surface area contributed by atoms with E-state index in [4.69, 9.17) is 16.7 Å². The second-order valence-electron chi connectivity index (χ2n) is 3.76. The molecule has 1 heterocycles. The van der Waals surface area contributed by atoms with Gasteiger partial charge in [-0.2, -0.15) is 13.2 Å². The van der Waals surface area contributed by atoms with Crippen molar-refractivity contribution in [3.05, 3.63) is 41.0 Å². The number of rotatable bonds is 1. The van der Waals surface area contributed by atoms with Gasteiger partial charge in [-0.15, -0.1) is 0 Å². The summed E-state index contributed by atoms with van der Waals surface area (Å²) in [5.74, 6) is -0.748. The van der Waals surface area contributed by atoms with E-state index in [-0.39, 0.29) is 69.3 Å². The number of phenolic OH excluding ortho intramolecular Hbond substituents is 2. The molecule has 0 bridgehead atoms. The van der Waals surface area contributed by atoms with Crippen LogP contribution in [0.3, 0.4) is 0 Å². The number of halogens is 4. The summed E-state index contributed by atoms with van der Waals surface area (Å²) in [5, 5.41) is 18.3. The third kappa shape index (κ3) is 3.87. The topological polar surface area (TPSA) is 53.4 Å². The zero-order valence-electron chi connectivity index (χ0n) is 11.2. The molecule has 0 saturated carbocycles. The van der Waals surface area contributed by atoms with Crippen molar-refractivity contribution in [2.45, 2.75) is 6.18 Å². The van der Waals surface area contributed by atoms with Gasteiger partial charge in [-0.25, -0.2) is 0 Å². The standard InChI is InChI=1S/C12H7ClF3NO2.K.H/c13-8-4-7(12(14,15)16)5-17-11(8)6-1-2-9(18)10(19)3-6;;/h1-5,18-19H;;/q;+1;-1. The molecule has 3 nitrogen and oxygen atoms in total. The van der Waals surface area contributed by atoms with Crippen LogP contribution < -0.4 is 51.4 Å². The number of phenols is 2. The average Bonchev–Trinajstić information content (AvgIpc) is 2.31. The Morgan fingerprint density at radius 2 is 1.75 bits per heavy atom. The predicted octanol–water partition coefficient (Wildman–Crippen LogP) is 0.949. The maximum Gasteiger partial charge on any atom is 1.00 e. The molecule has 0 aliphatic rings. The fourth-order valence-corrected chi connectivity index (χ4v) is 1.75. The maximum atomic E-state index is 12.4. The van der Waals surface area contributed by atoms with Gasteiger partial charge in [-0.1, -0.05) is 11.6 Å². The molecule has 0 atom stereocenters. The molecule has 0 aliphatic heterocycles. The largest absolute Gasteiger partial charge is 1.00 e. The van der Waals surface area contributed by atoms with Crippen LogP contribution >= 0.6 is 11.6 Å². The van der Waals surface area contributed by atoms with Gasteiger partial charge in [0, 0.05) is 11.8 Å². The van der Waals surface area contributed by atoms with Crippen molar-refractivity contribution < 1.29 is 76.2 Å². The molecule has 0 amide bonds. The summed E-state index contributed by atoms with van der Waals surface area (Å²) < 4.78 is 37.3. The van der Waals surface area contributed by atoms with Gasteiger partial charge in [0.25, 0.3) is 0 Å². The Morgan fingerprint density at radius 1 is 1.10 bits per heavy atom. The van der Waals surface area contributed by atoms with E-state index in [0.29, 0.717) is 11.8 Å². The molecule has 0 unspecified atom stereocenters. The van der Waals surface area contributed by atoms with Gasteiger partial charge in [0.1, 0.15) is 0 Å². The SMILES string of the molecule is Oc1ccc(-c2ncc(C(F)(F)F)cc2Cl)cc1O.[H-].[K+]. The summed E-state index contributed by atoms with van der Waals surface area (Å²) in [6.45, 7) is 0. The second kappa shape index (κ2) is 6.63. The minimum Gasteiger partial charge on any atom is -1.00 e. The monoisotopic (exact) mass is 329 g/mol. The van der Waals surface area contributed by atoms with E-state index in [1.807, 2.05) is 0 Å². The molecule has 102 valence electrons. The molecular formula is C12H8ClF3KNO2. The number of pyridine rings is 1. The molecule has 2 aromatic rings. The van der Waals surface area contributed by atoms with Crippen molar-refractivity contribution in [1.29, 1.82) is 0 Å². The number of alkyl halides is 3. The quantitative estimate of drug-likeness (QED) is 0.605. The van der Waals surface area contributed by atoms with E-state index in [0.717, 1.165) is 12.1 Å². The van der Waals surface area contributed by atoms with E-state index in [1.165, 1.54) is 12.1 Å². The summed E-state index contributed by atoms with van der Waals surface area (Å²) >= 11 is 5.76. The Morgan fingerprint density at radius 3 is 2.25 bits per heavy atom. The number of benzene rings is 1. The smallest absolute Gasteiger partial charge is 1.00 e. The Bertz CT molecular complexity index is 640. The van der Waals surface area contributed by atoms with Crippen LogP contribution in [0.15, 0.2) is 30.5 Å². The van der Waals surface area contributed by atoms with Crippen molar-refractivity contribution in [3.63, 3.8) is 0 Å². The Labute approximate surface area is 161 Å². The van der Waals surface area contributed by atoms with E-state index in [9.17, 15) is 18.3 Å². The summed E-state index contributed by atoms with van der Waals surface area (Å²) in [6, 6.07) is 4.50. The van der Waals surface area contributed by atoms with Crippen LogP contribution in [0.4, 0.5) is 13.2 Å². The van der Waals surface area contributed by atoms with Gasteiger partial charge in [-0.05, 0) is 24.3 Å². The van der Waals surface area contributed by atoms with Crippen molar-refractivity contribution in [2.75, 3.05) is 0 Å². The van der Waals surface area contributed by atoms with Gasteiger partial charge in [-0.3, -0.25) is 4.98 Å². The molecule has 2 rings (SSSR count). The molecule has 0 spiro atoms. The third-order valence-corrected chi connectivity index (χ3v) is 2.71. The van der Waals surface area contributed by atoms with Gasteiger partial charge >= 0.3 is 57.6 Å². The van der Waals surface area contributed by atoms with Crippen LogP contribution in [-0.2, 0) is 6.18 Å². The number of aromatic hydroxyl groups is 2. The molecule has 0 saturated heterocycles. The first kappa shape index (κ1) is 17.7. The van der Waals surface area contributed by atoms with Gasteiger partial charge in [0.05, 0.1) is 16.3 Å². The molecule has 1 aromatic carbocycles. The molecule has 20 heavy (non-hydrogen) atoms. The van der Waals surface area contributed by atoms with Crippen LogP contribution in [-0.4, -0.2) is 15.2 Å². The number of aromatic nitrogens is 1. The third-order valence-electron chi connectivity index (χ3n) is 2.42. The van der Waals surface area contributed by atoms with Gasteiger partial charge < -0.3 is 11.6 Å². The average molecular weight is 330 g/mol. The van der Waals surface area contributed by atoms with Crippen LogP contribution in [0.2, 0.25) is 5.02 Å². The molecule has 0 aliphatic carbocycles. The van der Waals surface area contributed by atoms with E-state index >= 15 is 0 Å². The van der Waals surface area contributed by atoms with E-state index in [1.54, 1.807) is 0 Å². The van der Waals surface area contributed by atoms with E-state index < -0.39 is 17.5 Å². The Hall–Kier alpha value is -0.314. The second-order valence-corrected chi connectivity index (χ2v) is 4.16. The molecule has 0 fully saturated rings. The zero-order chi connectivity index (χ0) is 14.2. The van der Waals surface area contributed by atoms with Crippen LogP contribution in [0, 0.1) is 0 Å². The fourth-order valence-electron chi connectivity index (χ4n) is 1.48. The number of hydrogen-bond acceptors (Lipinski definition) is 3. The minimum atomic E-state index is -4.52. The summed E-state index contributed by atoms with van der Waals surface area (Å²) in [5.41, 5.74) is -0.566. The molecule has 1 aromatic heterocycles.